The molecule has 2 rings (SSSR count). The fourth-order valence-corrected chi connectivity index (χ4v) is 2.55. The molecule has 0 spiro atoms. The summed E-state index contributed by atoms with van der Waals surface area (Å²) in [5.41, 5.74) is 1.82. The van der Waals surface area contributed by atoms with Crippen molar-refractivity contribution >= 4 is 11.6 Å². The van der Waals surface area contributed by atoms with Gasteiger partial charge in [-0.25, -0.2) is 0 Å². The maximum atomic E-state index is 11.6. The number of rotatable bonds is 6. The lowest BCUT2D eigenvalue weighted by atomic mass is 9.81. The lowest BCUT2D eigenvalue weighted by Crippen LogP contribution is -2.24. The summed E-state index contributed by atoms with van der Waals surface area (Å²) in [6.07, 6.45) is 5.43. The van der Waals surface area contributed by atoms with Crippen LogP contribution in [0.15, 0.2) is 24.3 Å². The lowest BCUT2D eigenvalue weighted by Gasteiger charge is -2.28. The van der Waals surface area contributed by atoms with Gasteiger partial charge in [0.25, 0.3) is 5.91 Å². The number of carbonyl (C=O) groups is 1. The van der Waals surface area contributed by atoms with Crippen LogP contribution in [0.2, 0.25) is 0 Å². The Kier molecular flexibility index (Phi) is 4.83. The molecule has 0 heterocycles. The summed E-state index contributed by atoms with van der Waals surface area (Å²) in [4.78, 5) is 11.6. The zero-order chi connectivity index (χ0) is 13.7. The highest BCUT2D eigenvalue weighted by Crippen LogP contribution is 2.31. The molecule has 1 fully saturated rings. The molecule has 1 aromatic rings. The second kappa shape index (κ2) is 6.60. The Hall–Kier alpha value is -1.51. The van der Waals surface area contributed by atoms with Crippen molar-refractivity contribution in [2.75, 3.05) is 11.9 Å². The van der Waals surface area contributed by atoms with E-state index in [-0.39, 0.29) is 5.91 Å². The van der Waals surface area contributed by atoms with Crippen LogP contribution < -0.4 is 10.6 Å². The van der Waals surface area contributed by atoms with Crippen molar-refractivity contribution in [2.45, 2.75) is 45.6 Å². The van der Waals surface area contributed by atoms with Gasteiger partial charge in [0.1, 0.15) is 0 Å². The molecule has 1 aliphatic rings. The average molecular weight is 260 g/mol. The Bertz CT molecular complexity index is 409. The van der Waals surface area contributed by atoms with Crippen LogP contribution >= 0.6 is 0 Å². The monoisotopic (exact) mass is 260 g/mol. The molecule has 0 saturated heterocycles. The van der Waals surface area contributed by atoms with Gasteiger partial charge in [-0.2, -0.15) is 0 Å². The fourth-order valence-electron chi connectivity index (χ4n) is 2.55. The summed E-state index contributed by atoms with van der Waals surface area (Å²) in [6.45, 7) is 4.82. The van der Waals surface area contributed by atoms with Crippen LogP contribution in [0.3, 0.4) is 0 Å². The van der Waals surface area contributed by atoms with Crippen molar-refractivity contribution in [3.05, 3.63) is 29.8 Å². The third kappa shape index (κ3) is 3.98. The number of amides is 1. The Morgan fingerprint density at radius 2 is 2.00 bits per heavy atom. The first-order chi connectivity index (χ1) is 9.19. The maximum Gasteiger partial charge on any atom is 0.251 e. The SMILES string of the molecule is CCNC(=O)c1ccc(NC(C)CC2CCC2)cc1. The highest BCUT2D eigenvalue weighted by molar-refractivity contribution is 5.94. The molecular weight excluding hydrogens is 236 g/mol. The maximum absolute atomic E-state index is 11.6. The Balaban J connectivity index is 1.85. The molecule has 1 aliphatic carbocycles. The summed E-state index contributed by atoms with van der Waals surface area (Å²) >= 11 is 0. The number of hydrogen-bond donors (Lipinski definition) is 2. The molecule has 0 bridgehead atoms. The van der Waals surface area contributed by atoms with E-state index in [2.05, 4.69) is 17.6 Å². The number of hydrogen-bond acceptors (Lipinski definition) is 2. The van der Waals surface area contributed by atoms with E-state index in [1.807, 2.05) is 31.2 Å². The molecule has 0 aliphatic heterocycles. The van der Waals surface area contributed by atoms with Crippen molar-refractivity contribution in [3.63, 3.8) is 0 Å². The van der Waals surface area contributed by atoms with Crippen LogP contribution in [0.1, 0.15) is 49.9 Å². The van der Waals surface area contributed by atoms with Gasteiger partial charge in [-0.05, 0) is 50.5 Å². The summed E-state index contributed by atoms with van der Waals surface area (Å²) in [5.74, 6) is 0.911. The first-order valence-electron chi connectivity index (χ1n) is 7.34. The van der Waals surface area contributed by atoms with Crippen molar-refractivity contribution in [2.24, 2.45) is 5.92 Å². The molecule has 0 radical (unpaired) electrons. The quantitative estimate of drug-likeness (QED) is 0.822. The lowest BCUT2D eigenvalue weighted by molar-refractivity contribution is 0.0956. The third-order valence-corrected chi connectivity index (χ3v) is 3.81. The number of benzene rings is 1. The molecule has 0 aromatic heterocycles. The zero-order valence-electron chi connectivity index (χ0n) is 11.9. The molecule has 1 amide bonds. The van der Waals surface area contributed by atoms with Crippen molar-refractivity contribution < 1.29 is 4.79 Å². The first kappa shape index (κ1) is 13.9. The Morgan fingerprint density at radius 1 is 1.32 bits per heavy atom. The largest absolute Gasteiger partial charge is 0.383 e. The van der Waals surface area contributed by atoms with E-state index in [9.17, 15) is 4.79 Å². The van der Waals surface area contributed by atoms with E-state index < -0.39 is 0 Å². The van der Waals surface area contributed by atoms with Gasteiger partial charge in [0.15, 0.2) is 0 Å². The molecule has 1 atom stereocenters. The van der Waals surface area contributed by atoms with Crippen LogP contribution in [-0.2, 0) is 0 Å². The van der Waals surface area contributed by atoms with Gasteiger partial charge in [0, 0.05) is 23.8 Å². The number of nitrogens with one attached hydrogen (secondary N) is 2. The molecule has 1 unspecified atom stereocenters. The van der Waals surface area contributed by atoms with Gasteiger partial charge in [-0.1, -0.05) is 19.3 Å². The molecule has 1 saturated carbocycles. The molecule has 104 valence electrons. The minimum atomic E-state index is -0.00318. The number of anilines is 1. The van der Waals surface area contributed by atoms with Crippen LogP contribution in [0.4, 0.5) is 5.69 Å². The predicted molar refractivity (Wildman–Crippen MR) is 79.5 cm³/mol. The predicted octanol–water partition coefficient (Wildman–Crippen LogP) is 3.43. The minimum absolute atomic E-state index is 0.00318. The van der Waals surface area contributed by atoms with Gasteiger partial charge in [-0.3, -0.25) is 4.79 Å². The Labute approximate surface area is 115 Å². The van der Waals surface area contributed by atoms with Crippen LogP contribution in [0.25, 0.3) is 0 Å². The van der Waals surface area contributed by atoms with Gasteiger partial charge in [0.2, 0.25) is 0 Å². The van der Waals surface area contributed by atoms with Gasteiger partial charge < -0.3 is 10.6 Å². The highest BCUT2D eigenvalue weighted by atomic mass is 16.1. The van der Waals surface area contributed by atoms with Crippen molar-refractivity contribution in [1.82, 2.24) is 5.32 Å². The van der Waals surface area contributed by atoms with Gasteiger partial charge in [0.05, 0.1) is 0 Å². The minimum Gasteiger partial charge on any atom is -0.383 e. The summed E-state index contributed by atoms with van der Waals surface area (Å²) in [5, 5.41) is 6.31. The van der Waals surface area contributed by atoms with Crippen LogP contribution in [0.5, 0.6) is 0 Å². The Morgan fingerprint density at radius 3 is 2.53 bits per heavy atom. The first-order valence-corrected chi connectivity index (χ1v) is 7.34. The standard InChI is InChI=1S/C16H24N2O/c1-3-17-16(19)14-7-9-15(10-8-14)18-12(2)11-13-5-4-6-13/h7-10,12-13,18H,3-6,11H2,1-2H3,(H,17,19). The second-order valence-corrected chi connectivity index (χ2v) is 5.51. The van der Waals surface area contributed by atoms with Crippen LogP contribution in [0, 0.1) is 5.92 Å². The normalized spacial score (nSPS) is 16.5. The van der Waals surface area contributed by atoms with Crippen LogP contribution in [-0.4, -0.2) is 18.5 Å². The van der Waals surface area contributed by atoms with E-state index in [4.69, 9.17) is 0 Å². The highest BCUT2D eigenvalue weighted by Gasteiger charge is 2.19. The smallest absolute Gasteiger partial charge is 0.251 e. The van der Waals surface area contributed by atoms with Crippen molar-refractivity contribution in [1.29, 1.82) is 0 Å². The second-order valence-electron chi connectivity index (χ2n) is 5.51. The van der Waals surface area contributed by atoms with E-state index in [0.717, 1.165) is 17.2 Å². The van der Waals surface area contributed by atoms with E-state index >= 15 is 0 Å². The van der Waals surface area contributed by atoms with Gasteiger partial charge in [-0.15, -0.1) is 0 Å². The van der Waals surface area contributed by atoms with Gasteiger partial charge >= 0.3 is 0 Å². The molecule has 3 nitrogen and oxygen atoms in total. The molecule has 19 heavy (non-hydrogen) atoms. The van der Waals surface area contributed by atoms with E-state index in [0.29, 0.717) is 12.6 Å². The third-order valence-electron chi connectivity index (χ3n) is 3.81. The molecule has 1 aromatic carbocycles. The zero-order valence-corrected chi connectivity index (χ0v) is 11.9. The van der Waals surface area contributed by atoms with Crippen molar-refractivity contribution in [3.8, 4) is 0 Å². The average Bonchev–Trinajstić information content (AvgIpc) is 2.35. The molecular formula is C16H24N2O. The van der Waals surface area contributed by atoms with E-state index in [1.54, 1.807) is 0 Å². The van der Waals surface area contributed by atoms with E-state index in [1.165, 1.54) is 25.7 Å². The summed E-state index contributed by atoms with van der Waals surface area (Å²) in [6, 6.07) is 8.23. The number of carbonyl (C=O) groups excluding carboxylic acids is 1. The molecule has 3 heteroatoms. The summed E-state index contributed by atoms with van der Waals surface area (Å²) < 4.78 is 0. The topological polar surface area (TPSA) is 41.1 Å². The fraction of sp³-hybridized carbons (Fsp3) is 0.562. The summed E-state index contributed by atoms with van der Waals surface area (Å²) in [7, 11) is 0. The molecule has 2 N–H and O–H groups in total.